The maximum atomic E-state index is 11.0. The topological polar surface area (TPSA) is 75.4 Å². The number of nitro benzene ring substituents is 1. The number of rotatable bonds is 5. The number of benzene rings is 1. The fourth-order valence-electron chi connectivity index (χ4n) is 1.48. The van der Waals surface area contributed by atoms with Crippen molar-refractivity contribution in [3.63, 3.8) is 0 Å². The summed E-state index contributed by atoms with van der Waals surface area (Å²) in [6.07, 6.45) is 0. The van der Waals surface area contributed by atoms with Crippen molar-refractivity contribution in [3.8, 4) is 0 Å². The van der Waals surface area contributed by atoms with Crippen LogP contribution >= 0.6 is 0 Å². The largest absolute Gasteiger partial charge is 0.396 e. The predicted molar refractivity (Wildman–Crippen MR) is 71.9 cm³/mol. The van der Waals surface area contributed by atoms with Crippen LogP contribution in [0, 0.1) is 29.4 Å². The minimum atomic E-state index is -0.388. The third-order valence-electron chi connectivity index (χ3n) is 2.99. The number of nitrogens with zero attached hydrogens (tertiary/aromatic N) is 1. The van der Waals surface area contributed by atoms with E-state index in [1.165, 1.54) is 0 Å². The fourth-order valence-corrected chi connectivity index (χ4v) is 1.48. The lowest BCUT2D eigenvalue weighted by Crippen LogP contribution is -2.27. The first-order valence-electron chi connectivity index (χ1n) is 5.87. The maximum Gasteiger partial charge on any atom is 0.292 e. The average molecular weight is 252 g/mol. The van der Waals surface area contributed by atoms with Crippen molar-refractivity contribution < 1.29 is 10.0 Å². The van der Waals surface area contributed by atoms with E-state index in [1.54, 1.807) is 12.1 Å². The van der Waals surface area contributed by atoms with Gasteiger partial charge < -0.3 is 10.4 Å². The van der Waals surface area contributed by atoms with Crippen LogP contribution in [0.4, 0.5) is 11.4 Å². The molecule has 0 aliphatic heterocycles. The molecule has 0 spiro atoms. The molecule has 2 N–H and O–H groups in total. The van der Waals surface area contributed by atoms with Gasteiger partial charge in [0.15, 0.2) is 0 Å². The Morgan fingerprint density at radius 1 is 1.33 bits per heavy atom. The number of aliphatic hydroxyl groups is 1. The molecule has 0 unspecified atom stereocenters. The summed E-state index contributed by atoms with van der Waals surface area (Å²) in [7, 11) is 0. The summed E-state index contributed by atoms with van der Waals surface area (Å²) in [6, 6.07) is 3.35. The molecule has 0 fully saturated rings. The summed E-state index contributed by atoms with van der Waals surface area (Å²) in [4.78, 5) is 10.6. The van der Waals surface area contributed by atoms with Gasteiger partial charge in [-0.1, -0.05) is 13.8 Å². The number of nitro groups is 1. The molecule has 0 saturated carbocycles. The Labute approximate surface area is 107 Å². The molecule has 5 heteroatoms. The summed E-state index contributed by atoms with van der Waals surface area (Å²) < 4.78 is 0. The van der Waals surface area contributed by atoms with Crippen molar-refractivity contribution in [3.05, 3.63) is 33.4 Å². The van der Waals surface area contributed by atoms with Gasteiger partial charge in [0.25, 0.3) is 5.69 Å². The van der Waals surface area contributed by atoms with Gasteiger partial charge >= 0.3 is 0 Å². The molecule has 5 nitrogen and oxygen atoms in total. The number of hydrogen-bond donors (Lipinski definition) is 2. The molecule has 0 aliphatic rings. The molecule has 1 aromatic rings. The summed E-state index contributed by atoms with van der Waals surface area (Å²) in [5.74, 6) is 0. The zero-order valence-electron chi connectivity index (χ0n) is 11.3. The molecule has 0 radical (unpaired) electrons. The first-order valence-corrected chi connectivity index (χ1v) is 5.87. The lowest BCUT2D eigenvalue weighted by molar-refractivity contribution is -0.384. The Morgan fingerprint density at radius 2 is 1.89 bits per heavy atom. The minimum absolute atomic E-state index is 0.0264. The molecule has 0 saturated heterocycles. The van der Waals surface area contributed by atoms with Crippen LogP contribution in [0.5, 0.6) is 0 Å². The summed E-state index contributed by atoms with van der Waals surface area (Å²) >= 11 is 0. The normalized spacial score (nSPS) is 11.4. The Balaban J connectivity index is 3.01. The molecule has 0 heterocycles. The van der Waals surface area contributed by atoms with Crippen LogP contribution in [0.2, 0.25) is 0 Å². The van der Waals surface area contributed by atoms with Gasteiger partial charge in [-0.2, -0.15) is 0 Å². The Bertz CT molecular complexity index is 456. The highest BCUT2D eigenvalue weighted by Crippen LogP contribution is 2.29. The molecular weight excluding hydrogens is 232 g/mol. The quantitative estimate of drug-likeness (QED) is 0.624. The van der Waals surface area contributed by atoms with Crippen LogP contribution in [-0.2, 0) is 0 Å². The Morgan fingerprint density at radius 3 is 2.39 bits per heavy atom. The second kappa shape index (κ2) is 5.35. The monoisotopic (exact) mass is 252 g/mol. The van der Waals surface area contributed by atoms with Crippen molar-refractivity contribution in [2.75, 3.05) is 18.5 Å². The summed E-state index contributed by atoms with van der Waals surface area (Å²) in [6.45, 7) is 8.07. The van der Waals surface area contributed by atoms with Crippen molar-refractivity contribution in [2.45, 2.75) is 27.7 Å². The first kappa shape index (κ1) is 14.4. The predicted octanol–water partition coefficient (Wildman–Crippen LogP) is 2.64. The van der Waals surface area contributed by atoms with E-state index < -0.39 is 0 Å². The second-order valence-corrected chi connectivity index (χ2v) is 5.39. The smallest absolute Gasteiger partial charge is 0.292 e. The van der Waals surface area contributed by atoms with E-state index in [0.29, 0.717) is 12.2 Å². The van der Waals surface area contributed by atoms with Crippen LogP contribution in [0.15, 0.2) is 12.1 Å². The van der Waals surface area contributed by atoms with Crippen LogP contribution in [-0.4, -0.2) is 23.2 Å². The standard InChI is InChI=1S/C13H20N2O3/c1-9-5-11(14-7-13(3,4)8-16)12(15(17)18)6-10(9)2/h5-6,14,16H,7-8H2,1-4H3. The van der Waals surface area contributed by atoms with E-state index in [0.717, 1.165) is 11.1 Å². The second-order valence-electron chi connectivity index (χ2n) is 5.39. The van der Waals surface area contributed by atoms with Crippen molar-refractivity contribution in [1.29, 1.82) is 0 Å². The molecule has 1 aromatic carbocycles. The third kappa shape index (κ3) is 3.43. The number of aryl methyl sites for hydroxylation is 2. The van der Waals surface area contributed by atoms with Crippen LogP contribution in [0.25, 0.3) is 0 Å². The van der Waals surface area contributed by atoms with Crippen LogP contribution in [0.3, 0.4) is 0 Å². The number of nitrogens with one attached hydrogen (secondary N) is 1. The van der Waals surface area contributed by atoms with Gasteiger partial charge in [0.2, 0.25) is 0 Å². The lowest BCUT2D eigenvalue weighted by atomic mass is 9.94. The Kier molecular flexibility index (Phi) is 4.29. The van der Waals surface area contributed by atoms with E-state index in [9.17, 15) is 15.2 Å². The summed E-state index contributed by atoms with van der Waals surface area (Å²) in [5, 5.41) is 23.2. The molecule has 0 aromatic heterocycles. The van der Waals surface area contributed by atoms with Gasteiger partial charge in [0, 0.05) is 24.6 Å². The van der Waals surface area contributed by atoms with E-state index in [1.807, 2.05) is 27.7 Å². The van der Waals surface area contributed by atoms with Crippen LogP contribution in [0.1, 0.15) is 25.0 Å². The zero-order chi connectivity index (χ0) is 13.9. The number of hydrogen-bond acceptors (Lipinski definition) is 4. The molecule has 0 amide bonds. The highest BCUT2D eigenvalue weighted by molar-refractivity contribution is 5.64. The average Bonchev–Trinajstić information content (AvgIpc) is 2.30. The van der Waals surface area contributed by atoms with Gasteiger partial charge in [-0.05, 0) is 31.0 Å². The molecule has 1 rings (SSSR count). The SMILES string of the molecule is Cc1cc(NCC(C)(C)CO)c([N+](=O)[O-])cc1C. The van der Waals surface area contributed by atoms with E-state index in [-0.39, 0.29) is 22.6 Å². The number of anilines is 1. The molecule has 0 aliphatic carbocycles. The van der Waals surface area contributed by atoms with Gasteiger partial charge in [0.1, 0.15) is 5.69 Å². The van der Waals surface area contributed by atoms with Gasteiger partial charge in [-0.25, -0.2) is 0 Å². The third-order valence-corrected chi connectivity index (χ3v) is 2.99. The highest BCUT2D eigenvalue weighted by Gasteiger charge is 2.20. The molecule has 100 valence electrons. The molecule has 0 bridgehead atoms. The van der Waals surface area contributed by atoms with Crippen molar-refractivity contribution in [2.24, 2.45) is 5.41 Å². The van der Waals surface area contributed by atoms with Gasteiger partial charge in [-0.3, -0.25) is 10.1 Å². The molecule has 18 heavy (non-hydrogen) atoms. The van der Waals surface area contributed by atoms with E-state index >= 15 is 0 Å². The van der Waals surface area contributed by atoms with Crippen LogP contribution < -0.4 is 5.32 Å². The van der Waals surface area contributed by atoms with Gasteiger partial charge in [-0.15, -0.1) is 0 Å². The molecule has 0 atom stereocenters. The fraction of sp³-hybridized carbons (Fsp3) is 0.538. The Hall–Kier alpha value is -1.62. The minimum Gasteiger partial charge on any atom is -0.396 e. The number of aliphatic hydroxyl groups excluding tert-OH is 1. The lowest BCUT2D eigenvalue weighted by Gasteiger charge is -2.22. The zero-order valence-corrected chi connectivity index (χ0v) is 11.3. The maximum absolute atomic E-state index is 11.0. The molecular formula is C13H20N2O3. The first-order chi connectivity index (χ1) is 8.26. The van der Waals surface area contributed by atoms with Crippen molar-refractivity contribution in [1.82, 2.24) is 0 Å². The van der Waals surface area contributed by atoms with E-state index in [2.05, 4.69) is 5.32 Å². The van der Waals surface area contributed by atoms with E-state index in [4.69, 9.17) is 0 Å². The highest BCUT2D eigenvalue weighted by atomic mass is 16.6. The van der Waals surface area contributed by atoms with Gasteiger partial charge in [0.05, 0.1) is 4.92 Å². The summed E-state index contributed by atoms with van der Waals surface area (Å²) in [5.41, 5.74) is 2.17. The van der Waals surface area contributed by atoms with Crippen molar-refractivity contribution >= 4 is 11.4 Å².